The summed E-state index contributed by atoms with van der Waals surface area (Å²) in [5.74, 6) is -7.66. The van der Waals surface area contributed by atoms with Crippen molar-refractivity contribution in [1.82, 2.24) is 5.32 Å². The van der Waals surface area contributed by atoms with Crippen LogP contribution in [0.15, 0.2) is 30.3 Å². The fraction of sp³-hybridized carbons (Fsp3) is 0.304. The zero-order valence-electron chi connectivity index (χ0n) is 19.3. The van der Waals surface area contributed by atoms with E-state index in [-0.39, 0.29) is 15.1 Å². The summed E-state index contributed by atoms with van der Waals surface area (Å²) in [5.41, 5.74) is -0.160. The summed E-state index contributed by atoms with van der Waals surface area (Å²) in [6.07, 6.45) is -14.3. The van der Waals surface area contributed by atoms with Crippen LogP contribution in [0.1, 0.15) is 51.4 Å². The van der Waals surface area contributed by atoms with Gasteiger partial charge < -0.3 is 11.1 Å². The molecular formula is C23H16Cl3F9N2O2. The van der Waals surface area contributed by atoms with Gasteiger partial charge in [0.15, 0.2) is 0 Å². The third kappa shape index (κ3) is 8.18. The number of benzene rings is 2. The van der Waals surface area contributed by atoms with E-state index in [1.807, 2.05) is 0 Å². The highest BCUT2D eigenvalue weighted by atomic mass is 35.5. The Kier molecular flexibility index (Phi) is 9.89. The normalized spacial score (nSPS) is 14.4. The molecule has 0 spiro atoms. The number of carbonyl (C=O) groups is 2. The van der Waals surface area contributed by atoms with Gasteiger partial charge in [0.25, 0.3) is 0 Å². The van der Waals surface area contributed by atoms with E-state index in [1.165, 1.54) is 5.32 Å². The number of allylic oxidation sites excluding steroid dienone is 1. The molecule has 2 aromatic carbocycles. The van der Waals surface area contributed by atoms with E-state index in [4.69, 9.17) is 40.5 Å². The van der Waals surface area contributed by atoms with E-state index in [0.717, 1.165) is 25.1 Å². The maximum Gasteiger partial charge on any atom is 0.417 e. The summed E-state index contributed by atoms with van der Waals surface area (Å²) in [7, 11) is 0. The monoisotopic (exact) mass is 628 g/mol. The van der Waals surface area contributed by atoms with E-state index >= 15 is 0 Å². The van der Waals surface area contributed by atoms with Crippen LogP contribution in [0.5, 0.6) is 0 Å². The largest absolute Gasteiger partial charge is 0.417 e. The molecule has 0 aliphatic rings. The van der Waals surface area contributed by atoms with Crippen LogP contribution in [0.25, 0.3) is 6.08 Å². The van der Waals surface area contributed by atoms with E-state index < -0.39 is 76.5 Å². The highest BCUT2D eigenvalue weighted by molar-refractivity contribution is 6.48. The number of hydrogen-bond acceptors (Lipinski definition) is 2. The molecule has 2 amide bonds. The summed E-state index contributed by atoms with van der Waals surface area (Å²) in [4.78, 5) is 24.1. The fourth-order valence-corrected chi connectivity index (χ4v) is 4.21. The minimum Gasteiger partial charge on any atom is -0.366 e. The molecule has 4 nitrogen and oxygen atoms in total. The smallest absolute Gasteiger partial charge is 0.366 e. The molecule has 2 atom stereocenters. The summed E-state index contributed by atoms with van der Waals surface area (Å²) in [6.45, 7) is -1.11. The van der Waals surface area contributed by atoms with Crippen LogP contribution in [0, 0.1) is 0 Å². The second-order valence-electron chi connectivity index (χ2n) is 8.08. The van der Waals surface area contributed by atoms with Crippen LogP contribution in [0.3, 0.4) is 0 Å². The molecule has 0 saturated heterocycles. The number of primary amides is 1. The molecule has 3 N–H and O–H groups in total. The second-order valence-corrected chi connectivity index (χ2v) is 9.28. The zero-order chi connectivity index (χ0) is 30.1. The molecule has 0 aromatic heterocycles. The lowest BCUT2D eigenvalue weighted by molar-refractivity contribution is -0.141. The standard InChI is InChI=1S/C23H16Cl3F9N2O2/c1-9(20(39)37-8-21(27,28)29)16-10(2-4-12(19(36)38)17(16)23(33,34)35)3-5-13(22(30,31)32)11-6-14(24)18(26)15(25)7-11/h2-7,9,13H,8H2,1H3,(H2,36,38)(H,37,39)/b5-3+/t9-,13?/m1/s1. The van der Waals surface area contributed by atoms with Crippen LogP contribution >= 0.6 is 34.8 Å². The number of amides is 2. The third-order valence-electron chi connectivity index (χ3n) is 5.30. The van der Waals surface area contributed by atoms with Gasteiger partial charge in [-0.2, -0.15) is 39.5 Å². The Hall–Kier alpha value is -2.64. The van der Waals surface area contributed by atoms with E-state index in [1.54, 1.807) is 0 Å². The molecule has 1 unspecified atom stereocenters. The van der Waals surface area contributed by atoms with Crippen LogP contribution in [-0.2, 0) is 11.0 Å². The molecule has 39 heavy (non-hydrogen) atoms. The quantitative estimate of drug-likeness (QED) is 0.241. The zero-order valence-corrected chi connectivity index (χ0v) is 21.5. The Morgan fingerprint density at radius 1 is 0.974 bits per heavy atom. The van der Waals surface area contributed by atoms with Gasteiger partial charge in [0.2, 0.25) is 11.8 Å². The molecule has 16 heteroatoms. The number of halogens is 12. The highest BCUT2D eigenvalue weighted by Gasteiger charge is 2.42. The van der Waals surface area contributed by atoms with Gasteiger partial charge in [-0.1, -0.05) is 53.0 Å². The molecule has 2 rings (SSSR count). The van der Waals surface area contributed by atoms with Crippen molar-refractivity contribution in [1.29, 1.82) is 0 Å². The Morgan fingerprint density at radius 2 is 1.51 bits per heavy atom. The van der Waals surface area contributed by atoms with Gasteiger partial charge in [-0.15, -0.1) is 0 Å². The molecule has 0 fully saturated rings. The van der Waals surface area contributed by atoms with Crippen molar-refractivity contribution in [2.75, 3.05) is 6.54 Å². The van der Waals surface area contributed by atoms with Crippen LogP contribution in [0.4, 0.5) is 39.5 Å². The maximum atomic E-state index is 14.1. The van der Waals surface area contributed by atoms with E-state index in [0.29, 0.717) is 18.2 Å². The van der Waals surface area contributed by atoms with Crippen molar-refractivity contribution in [2.24, 2.45) is 5.73 Å². The summed E-state index contributed by atoms with van der Waals surface area (Å²) in [5, 5.41) is 0.480. The lowest BCUT2D eigenvalue weighted by Crippen LogP contribution is -2.37. The number of carbonyl (C=O) groups excluding carboxylic acids is 2. The molecular weight excluding hydrogens is 614 g/mol. The summed E-state index contributed by atoms with van der Waals surface area (Å²) >= 11 is 17.4. The molecule has 0 saturated carbocycles. The van der Waals surface area contributed by atoms with Crippen LogP contribution in [0.2, 0.25) is 15.1 Å². The van der Waals surface area contributed by atoms with Crippen molar-refractivity contribution < 1.29 is 49.1 Å². The molecule has 0 radical (unpaired) electrons. The third-order valence-corrected chi connectivity index (χ3v) is 6.50. The highest BCUT2D eigenvalue weighted by Crippen LogP contribution is 2.43. The minimum absolute atomic E-state index is 0.246. The van der Waals surface area contributed by atoms with Crippen molar-refractivity contribution in [3.63, 3.8) is 0 Å². The Balaban J connectivity index is 2.78. The predicted octanol–water partition coefficient (Wildman–Crippen LogP) is 7.91. The first kappa shape index (κ1) is 32.6. The second kappa shape index (κ2) is 11.8. The first-order valence-electron chi connectivity index (χ1n) is 10.4. The molecule has 0 heterocycles. The lowest BCUT2D eigenvalue weighted by atomic mass is 9.85. The van der Waals surface area contributed by atoms with Crippen LogP contribution < -0.4 is 11.1 Å². The summed E-state index contributed by atoms with van der Waals surface area (Å²) in [6, 6.07) is 3.03. The number of nitrogens with one attached hydrogen (secondary N) is 1. The molecule has 214 valence electrons. The number of alkyl halides is 9. The topological polar surface area (TPSA) is 72.2 Å². The number of nitrogens with two attached hydrogens (primary N) is 1. The van der Waals surface area contributed by atoms with Gasteiger partial charge in [-0.25, -0.2) is 0 Å². The van der Waals surface area contributed by atoms with Gasteiger partial charge in [0.05, 0.1) is 38.0 Å². The average molecular weight is 630 g/mol. The van der Waals surface area contributed by atoms with Crippen molar-refractivity contribution in [2.45, 2.75) is 37.3 Å². The first-order chi connectivity index (χ1) is 17.6. The van der Waals surface area contributed by atoms with Gasteiger partial charge in [-0.3, -0.25) is 9.59 Å². The Labute approximate surface area is 229 Å². The SMILES string of the molecule is C[C@@H](C(=O)NCC(F)(F)F)c1c(/C=C/C(c2cc(Cl)c(Cl)c(Cl)c2)C(F)(F)F)ccc(C(N)=O)c1C(F)(F)F. The summed E-state index contributed by atoms with van der Waals surface area (Å²) < 4.78 is 122. The van der Waals surface area contributed by atoms with E-state index in [9.17, 15) is 49.1 Å². The van der Waals surface area contributed by atoms with Crippen molar-refractivity contribution in [3.8, 4) is 0 Å². The number of hydrogen-bond donors (Lipinski definition) is 2. The molecule has 0 bridgehead atoms. The molecule has 2 aromatic rings. The van der Waals surface area contributed by atoms with Gasteiger partial charge in [0.1, 0.15) is 6.54 Å². The van der Waals surface area contributed by atoms with Gasteiger partial charge in [-0.05, 0) is 41.8 Å². The Morgan fingerprint density at radius 3 is 1.95 bits per heavy atom. The Bertz CT molecular complexity index is 1270. The molecule has 0 aliphatic carbocycles. The van der Waals surface area contributed by atoms with Crippen molar-refractivity contribution in [3.05, 3.63) is 73.2 Å². The van der Waals surface area contributed by atoms with Gasteiger partial charge >= 0.3 is 18.5 Å². The minimum atomic E-state index is -5.39. The average Bonchev–Trinajstić information content (AvgIpc) is 2.77. The first-order valence-corrected chi connectivity index (χ1v) is 11.6. The van der Waals surface area contributed by atoms with E-state index in [2.05, 4.69) is 0 Å². The maximum absolute atomic E-state index is 14.1. The van der Waals surface area contributed by atoms with Crippen LogP contribution in [-0.4, -0.2) is 30.7 Å². The molecule has 0 aliphatic heterocycles. The number of rotatable bonds is 7. The van der Waals surface area contributed by atoms with Crippen molar-refractivity contribution >= 4 is 52.7 Å². The fourth-order valence-electron chi connectivity index (χ4n) is 3.59. The van der Waals surface area contributed by atoms with Gasteiger partial charge in [0, 0.05) is 0 Å². The predicted molar refractivity (Wildman–Crippen MR) is 127 cm³/mol. The lowest BCUT2D eigenvalue weighted by Gasteiger charge is -2.23.